The summed E-state index contributed by atoms with van der Waals surface area (Å²) in [6, 6.07) is 5.38. The van der Waals surface area contributed by atoms with E-state index < -0.39 is 0 Å². The average Bonchev–Trinajstić information content (AvgIpc) is 2.86. The molecule has 5 nitrogen and oxygen atoms in total. The van der Waals surface area contributed by atoms with Gasteiger partial charge in [-0.15, -0.1) is 0 Å². The number of aryl methyl sites for hydroxylation is 1. The number of likely N-dealkylation sites (tertiary alicyclic amines) is 1. The molecule has 0 unspecified atom stereocenters. The zero-order valence-corrected chi connectivity index (χ0v) is 14.7. The number of hydrogen-bond acceptors (Lipinski definition) is 3. The summed E-state index contributed by atoms with van der Waals surface area (Å²) in [6.07, 6.45) is 5.12. The number of amides is 2. The number of hydrazone groups is 1. The molecule has 24 heavy (non-hydrogen) atoms. The molecule has 1 aromatic rings. The predicted molar refractivity (Wildman–Crippen MR) is 95.4 cm³/mol. The van der Waals surface area contributed by atoms with E-state index in [4.69, 9.17) is 11.6 Å². The fourth-order valence-electron chi connectivity index (χ4n) is 3.08. The number of anilines is 1. The number of halogens is 1. The molecular weight excluding hydrogens is 326 g/mol. The zero-order chi connectivity index (χ0) is 17.1. The molecule has 128 valence electrons. The van der Waals surface area contributed by atoms with Gasteiger partial charge in [0.2, 0.25) is 5.91 Å². The Bertz CT molecular complexity index is 679. The molecule has 0 N–H and O–H groups in total. The van der Waals surface area contributed by atoms with Crippen LogP contribution in [0.1, 0.15) is 44.1 Å². The number of carbonyl (C=O) groups excluding carboxylic acids is 2. The largest absolute Gasteiger partial charge is 0.338 e. The SMILES string of the molecule is Cc1ccc(N2N=C(C(=O)N3CCCCCC3)CCC2=O)cc1Cl. The first-order chi connectivity index (χ1) is 11.6. The monoisotopic (exact) mass is 347 g/mol. The molecule has 0 saturated carbocycles. The lowest BCUT2D eigenvalue weighted by molar-refractivity contribution is -0.124. The molecule has 0 atom stereocenters. The summed E-state index contributed by atoms with van der Waals surface area (Å²) in [6.45, 7) is 3.46. The van der Waals surface area contributed by atoms with Crippen LogP contribution in [-0.2, 0) is 9.59 Å². The Morgan fingerprint density at radius 2 is 1.83 bits per heavy atom. The van der Waals surface area contributed by atoms with Gasteiger partial charge in [0.15, 0.2) is 0 Å². The number of benzene rings is 1. The minimum Gasteiger partial charge on any atom is -0.338 e. The second-order valence-electron chi connectivity index (χ2n) is 6.39. The number of nitrogens with zero attached hydrogens (tertiary/aromatic N) is 3. The normalized spacial score (nSPS) is 19.1. The van der Waals surface area contributed by atoms with E-state index in [2.05, 4.69) is 5.10 Å². The summed E-state index contributed by atoms with van der Waals surface area (Å²) < 4.78 is 0. The van der Waals surface area contributed by atoms with Crippen molar-refractivity contribution in [2.75, 3.05) is 18.1 Å². The van der Waals surface area contributed by atoms with Crippen molar-refractivity contribution in [1.29, 1.82) is 0 Å². The van der Waals surface area contributed by atoms with E-state index in [1.807, 2.05) is 24.0 Å². The molecule has 2 heterocycles. The van der Waals surface area contributed by atoms with Crippen LogP contribution in [0.2, 0.25) is 5.02 Å². The molecule has 2 amide bonds. The van der Waals surface area contributed by atoms with Crippen molar-refractivity contribution in [3.05, 3.63) is 28.8 Å². The molecule has 0 bridgehead atoms. The third kappa shape index (κ3) is 3.61. The standard InChI is InChI=1S/C18H22ClN3O2/c1-13-6-7-14(12-15(13)19)22-17(23)9-8-16(20-22)18(24)21-10-4-2-3-5-11-21/h6-7,12H,2-5,8-11H2,1H3. The molecule has 3 rings (SSSR count). The van der Waals surface area contributed by atoms with E-state index in [0.29, 0.717) is 29.3 Å². The van der Waals surface area contributed by atoms with Crippen LogP contribution < -0.4 is 5.01 Å². The molecule has 2 aliphatic rings. The van der Waals surface area contributed by atoms with Gasteiger partial charge in [0.25, 0.3) is 5.91 Å². The van der Waals surface area contributed by atoms with Crippen LogP contribution in [0.4, 0.5) is 5.69 Å². The Labute approximate surface area is 147 Å². The van der Waals surface area contributed by atoms with Crippen LogP contribution in [-0.4, -0.2) is 35.5 Å². The van der Waals surface area contributed by atoms with Gasteiger partial charge in [-0.3, -0.25) is 9.59 Å². The fourth-order valence-corrected chi connectivity index (χ4v) is 3.25. The molecule has 2 aliphatic heterocycles. The van der Waals surface area contributed by atoms with Crippen LogP contribution in [0.5, 0.6) is 0 Å². The molecule has 0 radical (unpaired) electrons. The third-order valence-electron chi connectivity index (χ3n) is 4.57. The van der Waals surface area contributed by atoms with Crippen molar-refractivity contribution < 1.29 is 9.59 Å². The van der Waals surface area contributed by atoms with Crippen LogP contribution >= 0.6 is 11.6 Å². The van der Waals surface area contributed by atoms with Crippen molar-refractivity contribution in [2.45, 2.75) is 45.4 Å². The van der Waals surface area contributed by atoms with Gasteiger partial charge in [-0.2, -0.15) is 5.10 Å². The van der Waals surface area contributed by atoms with E-state index in [9.17, 15) is 9.59 Å². The van der Waals surface area contributed by atoms with Crippen LogP contribution in [0, 0.1) is 6.92 Å². The van der Waals surface area contributed by atoms with Crippen LogP contribution in [0.25, 0.3) is 0 Å². The maximum atomic E-state index is 12.7. The van der Waals surface area contributed by atoms with Gasteiger partial charge < -0.3 is 4.90 Å². The second-order valence-corrected chi connectivity index (χ2v) is 6.80. The van der Waals surface area contributed by atoms with Gasteiger partial charge in [0.05, 0.1) is 5.69 Å². The molecule has 1 fully saturated rings. The van der Waals surface area contributed by atoms with Crippen molar-refractivity contribution in [3.8, 4) is 0 Å². The maximum Gasteiger partial charge on any atom is 0.270 e. The molecular formula is C18H22ClN3O2. The Balaban J connectivity index is 1.84. The minimum absolute atomic E-state index is 0.0346. The Kier molecular flexibility index (Phi) is 5.19. The maximum absolute atomic E-state index is 12.7. The Morgan fingerprint density at radius 1 is 1.12 bits per heavy atom. The summed E-state index contributed by atoms with van der Waals surface area (Å²) in [5.41, 5.74) is 2.01. The quantitative estimate of drug-likeness (QED) is 0.821. The molecule has 6 heteroatoms. The Hall–Kier alpha value is -1.88. The molecule has 0 aliphatic carbocycles. The highest BCUT2D eigenvalue weighted by Gasteiger charge is 2.28. The van der Waals surface area contributed by atoms with Crippen molar-refractivity contribution >= 4 is 34.8 Å². The molecule has 1 saturated heterocycles. The lowest BCUT2D eigenvalue weighted by Crippen LogP contribution is -2.42. The van der Waals surface area contributed by atoms with Gasteiger partial charge >= 0.3 is 0 Å². The predicted octanol–water partition coefficient (Wildman–Crippen LogP) is 3.53. The van der Waals surface area contributed by atoms with Gasteiger partial charge in [-0.1, -0.05) is 30.5 Å². The van der Waals surface area contributed by atoms with Crippen molar-refractivity contribution in [3.63, 3.8) is 0 Å². The summed E-state index contributed by atoms with van der Waals surface area (Å²) >= 11 is 6.16. The minimum atomic E-state index is -0.109. The molecule has 1 aromatic carbocycles. The average molecular weight is 348 g/mol. The number of carbonyl (C=O) groups is 2. The topological polar surface area (TPSA) is 53.0 Å². The lowest BCUT2D eigenvalue weighted by Gasteiger charge is -2.26. The zero-order valence-electron chi connectivity index (χ0n) is 13.9. The van der Waals surface area contributed by atoms with E-state index >= 15 is 0 Å². The van der Waals surface area contributed by atoms with Gasteiger partial charge in [-0.05, 0) is 37.5 Å². The third-order valence-corrected chi connectivity index (χ3v) is 4.98. The van der Waals surface area contributed by atoms with Gasteiger partial charge in [-0.25, -0.2) is 5.01 Å². The summed E-state index contributed by atoms with van der Waals surface area (Å²) in [4.78, 5) is 26.9. The van der Waals surface area contributed by atoms with Crippen molar-refractivity contribution in [2.24, 2.45) is 5.10 Å². The first kappa shape index (κ1) is 17.0. The highest BCUT2D eigenvalue weighted by atomic mass is 35.5. The Morgan fingerprint density at radius 3 is 2.50 bits per heavy atom. The second kappa shape index (κ2) is 7.34. The first-order valence-electron chi connectivity index (χ1n) is 8.52. The summed E-state index contributed by atoms with van der Waals surface area (Å²) in [5.74, 6) is -0.144. The fraction of sp³-hybridized carbons (Fsp3) is 0.500. The highest BCUT2D eigenvalue weighted by molar-refractivity contribution is 6.40. The van der Waals surface area contributed by atoms with E-state index in [0.717, 1.165) is 31.5 Å². The molecule has 0 spiro atoms. The number of rotatable bonds is 2. The van der Waals surface area contributed by atoms with Crippen molar-refractivity contribution in [1.82, 2.24) is 4.90 Å². The summed E-state index contributed by atoms with van der Waals surface area (Å²) in [5, 5.41) is 6.26. The van der Waals surface area contributed by atoms with E-state index in [1.165, 1.54) is 17.9 Å². The first-order valence-corrected chi connectivity index (χ1v) is 8.90. The van der Waals surface area contributed by atoms with E-state index in [-0.39, 0.29) is 11.8 Å². The van der Waals surface area contributed by atoms with Gasteiger partial charge in [0, 0.05) is 31.0 Å². The van der Waals surface area contributed by atoms with E-state index in [1.54, 1.807) is 6.07 Å². The smallest absolute Gasteiger partial charge is 0.270 e. The van der Waals surface area contributed by atoms with Crippen LogP contribution in [0.15, 0.2) is 23.3 Å². The lowest BCUT2D eigenvalue weighted by atomic mass is 10.1. The van der Waals surface area contributed by atoms with Gasteiger partial charge in [0.1, 0.15) is 5.71 Å². The van der Waals surface area contributed by atoms with Crippen LogP contribution in [0.3, 0.4) is 0 Å². The highest BCUT2D eigenvalue weighted by Crippen LogP contribution is 2.26. The number of hydrogen-bond donors (Lipinski definition) is 0. The molecule has 0 aromatic heterocycles. The summed E-state index contributed by atoms with van der Waals surface area (Å²) in [7, 11) is 0.